The van der Waals surface area contributed by atoms with E-state index in [-0.39, 0.29) is 29.3 Å². The van der Waals surface area contributed by atoms with Gasteiger partial charge in [0, 0.05) is 25.9 Å². The molecule has 10 heteroatoms. The molecule has 0 spiro atoms. The molecule has 1 aromatic carbocycles. The van der Waals surface area contributed by atoms with Gasteiger partial charge in [0.2, 0.25) is 5.82 Å². The number of carbonyl (C=O) groups is 2. The van der Waals surface area contributed by atoms with Crippen LogP contribution in [0.3, 0.4) is 0 Å². The molecule has 2 aliphatic rings. The Hall–Kier alpha value is -3.56. The normalized spacial score (nSPS) is 17.4. The molecule has 0 amide bonds. The van der Waals surface area contributed by atoms with E-state index in [0.29, 0.717) is 62.8 Å². The number of ketones is 1. The zero-order valence-electron chi connectivity index (χ0n) is 19.1. The molecule has 0 N–H and O–H groups in total. The molecule has 2 fully saturated rings. The summed E-state index contributed by atoms with van der Waals surface area (Å²) >= 11 is 0. The number of carbonyl (C=O) groups excluding carboxylic acids is 2. The van der Waals surface area contributed by atoms with Crippen LogP contribution in [0, 0.1) is 16.0 Å². The Morgan fingerprint density at radius 1 is 1.12 bits per heavy atom. The van der Waals surface area contributed by atoms with E-state index >= 15 is 0 Å². The Balaban J connectivity index is 1.48. The number of anilines is 1. The number of piperidine rings is 1. The quantitative estimate of drug-likeness (QED) is 0.334. The minimum Gasteiger partial charge on any atom is -0.466 e. The van der Waals surface area contributed by atoms with Crippen molar-refractivity contribution in [2.24, 2.45) is 5.92 Å². The van der Waals surface area contributed by atoms with Crippen molar-refractivity contribution in [3.05, 3.63) is 46.3 Å². The first kappa shape index (κ1) is 23.6. The van der Waals surface area contributed by atoms with E-state index in [1.165, 1.54) is 6.33 Å². The lowest BCUT2D eigenvalue weighted by Crippen LogP contribution is -2.37. The van der Waals surface area contributed by atoms with Crippen LogP contribution in [0.4, 0.5) is 11.5 Å². The number of esters is 1. The maximum atomic E-state index is 12.0. The summed E-state index contributed by atoms with van der Waals surface area (Å²) in [4.78, 5) is 44.9. The van der Waals surface area contributed by atoms with Crippen molar-refractivity contribution in [2.45, 2.75) is 51.4 Å². The van der Waals surface area contributed by atoms with Gasteiger partial charge in [0.05, 0.1) is 17.4 Å². The van der Waals surface area contributed by atoms with Gasteiger partial charge in [0.15, 0.2) is 0 Å². The van der Waals surface area contributed by atoms with Crippen LogP contribution in [0.5, 0.6) is 11.6 Å². The molecule has 2 heterocycles. The first-order valence-corrected chi connectivity index (χ1v) is 11.7. The summed E-state index contributed by atoms with van der Waals surface area (Å²) in [5, 5.41) is 11.9. The van der Waals surface area contributed by atoms with Gasteiger partial charge in [0.25, 0.3) is 0 Å². The van der Waals surface area contributed by atoms with Gasteiger partial charge < -0.3 is 14.4 Å². The molecule has 1 aromatic heterocycles. The average Bonchev–Trinajstić information content (AvgIpc) is 2.85. The number of Topliss-reactive ketones (excluding diaryl/α,β-unsaturated/α-hetero) is 1. The number of nitrogens with zero attached hydrogens (tertiary/aromatic N) is 4. The van der Waals surface area contributed by atoms with Gasteiger partial charge in [-0.25, -0.2) is 4.98 Å². The summed E-state index contributed by atoms with van der Waals surface area (Å²) < 4.78 is 10.9. The summed E-state index contributed by atoms with van der Waals surface area (Å²) in [5.74, 6) is 0.696. The van der Waals surface area contributed by atoms with Crippen LogP contribution in [-0.2, 0) is 14.3 Å². The van der Waals surface area contributed by atoms with Crippen molar-refractivity contribution in [2.75, 3.05) is 24.6 Å². The van der Waals surface area contributed by atoms with Gasteiger partial charge in [-0.15, -0.1) is 0 Å². The molecule has 0 radical (unpaired) electrons. The molecule has 180 valence electrons. The van der Waals surface area contributed by atoms with Crippen LogP contribution < -0.4 is 9.64 Å². The molecule has 1 saturated heterocycles. The molecule has 1 aliphatic carbocycles. The van der Waals surface area contributed by atoms with Crippen molar-refractivity contribution in [3.8, 4) is 11.6 Å². The Labute approximate surface area is 197 Å². The second-order valence-corrected chi connectivity index (χ2v) is 8.61. The molecule has 4 rings (SSSR count). The van der Waals surface area contributed by atoms with Crippen molar-refractivity contribution >= 4 is 23.3 Å². The van der Waals surface area contributed by atoms with E-state index in [1.807, 2.05) is 12.1 Å². The predicted octanol–water partition coefficient (Wildman–Crippen LogP) is 4.18. The molecule has 2 aromatic rings. The second-order valence-electron chi connectivity index (χ2n) is 8.61. The van der Waals surface area contributed by atoms with E-state index < -0.39 is 4.92 Å². The Bertz CT molecular complexity index is 1040. The van der Waals surface area contributed by atoms with Crippen molar-refractivity contribution < 1.29 is 24.0 Å². The third-order valence-electron chi connectivity index (χ3n) is 6.48. The third-order valence-corrected chi connectivity index (χ3v) is 6.48. The smallest absolute Gasteiger partial charge is 0.373 e. The molecule has 0 bridgehead atoms. The fourth-order valence-corrected chi connectivity index (χ4v) is 4.60. The molecule has 0 unspecified atom stereocenters. The Kier molecular flexibility index (Phi) is 7.34. The molecule has 1 aliphatic heterocycles. The summed E-state index contributed by atoms with van der Waals surface area (Å²) in [6.45, 7) is 2.99. The maximum Gasteiger partial charge on any atom is 0.373 e. The summed E-state index contributed by atoms with van der Waals surface area (Å²) in [6, 6.07) is 7.40. The minimum absolute atomic E-state index is 0.126. The van der Waals surface area contributed by atoms with Crippen molar-refractivity contribution in [1.29, 1.82) is 0 Å². The van der Waals surface area contributed by atoms with Gasteiger partial charge in [0.1, 0.15) is 17.9 Å². The fourth-order valence-electron chi connectivity index (χ4n) is 4.60. The van der Waals surface area contributed by atoms with Crippen LogP contribution in [0.2, 0.25) is 0 Å². The van der Waals surface area contributed by atoms with Crippen molar-refractivity contribution in [3.63, 3.8) is 0 Å². The highest BCUT2D eigenvalue weighted by Crippen LogP contribution is 2.38. The molecular weight excluding hydrogens is 440 g/mol. The summed E-state index contributed by atoms with van der Waals surface area (Å²) in [6.07, 6.45) is 5.21. The van der Waals surface area contributed by atoms with E-state index in [9.17, 15) is 19.7 Å². The lowest BCUT2D eigenvalue weighted by Gasteiger charge is -2.31. The highest BCUT2D eigenvalue weighted by atomic mass is 16.6. The largest absolute Gasteiger partial charge is 0.466 e. The van der Waals surface area contributed by atoms with Crippen LogP contribution in [-0.4, -0.2) is 46.3 Å². The van der Waals surface area contributed by atoms with E-state index in [2.05, 4.69) is 9.97 Å². The van der Waals surface area contributed by atoms with Crippen LogP contribution in [0.1, 0.15) is 56.9 Å². The molecular formula is C24H28N4O6. The lowest BCUT2D eigenvalue weighted by molar-refractivity contribution is -0.385. The van der Waals surface area contributed by atoms with Gasteiger partial charge in [-0.2, -0.15) is 4.98 Å². The van der Waals surface area contributed by atoms with Crippen molar-refractivity contribution in [1.82, 2.24) is 9.97 Å². The zero-order chi connectivity index (χ0) is 24.1. The topological polar surface area (TPSA) is 125 Å². The zero-order valence-corrected chi connectivity index (χ0v) is 19.1. The Morgan fingerprint density at radius 2 is 1.79 bits per heavy atom. The lowest BCUT2D eigenvalue weighted by atomic mass is 9.83. The van der Waals surface area contributed by atoms with Gasteiger partial charge in [-0.3, -0.25) is 19.7 Å². The molecule has 10 nitrogen and oxygen atoms in total. The number of aromatic nitrogens is 2. The number of rotatable bonds is 7. The minimum atomic E-state index is -0.532. The monoisotopic (exact) mass is 468 g/mol. The standard InChI is InChI=1S/C24H28N4O6/c1-2-33-24(30)18-11-13-27(14-12-18)22-21(28(31)32)23(26-15-25-22)34-20-9-5-17(6-10-20)16-3-7-19(29)8-4-16/h5-6,9-10,15-16,18H,2-4,7-8,11-14H2,1H3. The maximum absolute atomic E-state index is 12.0. The van der Waals surface area contributed by atoms with E-state index in [0.717, 1.165) is 18.4 Å². The highest BCUT2D eigenvalue weighted by molar-refractivity contribution is 5.79. The number of ether oxygens (including phenoxy) is 2. The van der Waals surface area contributed by atoms with E-state index in [1.54, 1.807) is 24.0 Å². The van der Waals surface area contributed by atoms with Gasteiger partial charge in [-0.1, -0.05) is 12.1 Å². The Morgan fingerprint density at radius 3 is 2.41 bits per heavy atom. The number of hydrogen-bond acceptors (Lipinski definition) is 9. The van der Waals surface area contributed by atoms with Crippen LogP contribution >= 0.6 is 0 Å². The number of hydrogen-bond donors (Lipinski definition) is 0. The number of nitro groups is 1. The molecule has 34 heavy (non-hydrogen) atoms. The third kappa shape index (κ3) is 5.32. The second kappa shape index (κ2) is 10.6. The number of benzene rings is 1. The van der Waals surface area contributed by atoms with Crippen LogP contribution in [0.25, 0.3) is 0 Å². The van der Waals surface area contributed by atoms with E-state index in [4.69, 9.17) is 9.47 Å². The van der Waals surface area contributed by atoms with Crippen LogP contribution in [0.15, 0.2) is 30.6 Å². The summed E-state index contributed by atoms with van der Waals surface area (Å²) in [5.41, 5.74) is 0.828. The molecule has 1 saturated carbocycles. The predicted molar refractivity (Wildman–Crippen MR) is 123 cm³/mol. The fraction of sp³-hybridized carbons (Fsp3) is 0.500. The summed E-state index contributed by atoms with van der Waals surface area (Å²) in [7, 11) is 0. The SMILES string of the molecule is CCOC(=O)C1CCN(c2ncnc(Oc3ccc(C4CCC(=O)CC4)cc3)c2[N+](=O)[O-])CC1. The highest BCUT2D eigenvalue weighted by Gasteiger charge is 2.33. The van der Waals surface area contributed by atoms with Gasteiger partial charge >= 0.3 is 17.5 Å². The first-order valence-electron chi connectivity index (χ1n) is 11.7. The first-order chi connectivity index (χ1) is 16.5. The molecule has 0 atom stereocenters. The van der Waals surface area contributed by atoms with Gasteiger partial charge in [-0.05, 0) is 56.2 Å². The average molecular weight is 469 g/mol.